The van der Waals surface area contributed by atoms with E-state index >= 15 is 0 Å². The van der Waals surface area contributed by atoms with Crippen LogP contribution in [0.5, 0.6) is 0 Å². The van der Waals surface area contributed by atoms with Gasteiger partial charge in [0.05, 0.1) is 11.8 Å². The smallest absolute Gasteiger partial charge is 0.307 e. The van der Waals surface area contributed by atoms with E-state index in [4.69, 9.17) is 0 Å². The number of benzene rings is 1. The molecule has 1 aliphatic carbocycles. The van der Waals surface area contributed by atoms with Crippen LogP contribution >= 0.6 is 0 Å². The molecule has 0 bridgehead atoms. The first-order valence-corrected chi connectivity index (χ1v) is 6.99. The average molecular weight is 275 g/mol. The first-order valence-electron chi connectivity index (χ1n) is 6.99. The number of aryl methyl sites for hydroxylation is 2. The number of carboxylic acid groups (broad SMARTS) is 1. The number of carbonyl (C=O) groups is 2. The zero-order valence-corrected chi connectivity index (χ0v) is 12.1. The highest BCUT2D eigenvalue weighted by Crippen LogP contribution is 2.37. The van der Waals surface area contributed by atoms with E-state index in [0.717, 1.165) is 11.3 Å². The first-order chi connectivity index (χ1) is 9.38. The monoisotopic (exact) mass is 275 g/mol. The molecule has 0 radical (unpaired) electrons. The maximum atomic E-state index is 12.3. The van der Waals surface area contributed by atoms with E-state index < -0.39 is 17.8 Å². The third-order valence-electron chi connectivity index (χ3n) is 4.23. The molecule has 4 heteroatoms. The maximum Gasteiger partial charge on any atom is 0.307 e. The highest BCUT2D eigenvalue weighted by atomic mass is 16.4. The predicted octanol–water partition coefficient (Wildman–Crippen LogP) is 2.99. The van der Waals surface area contributed by atoms with Crippen LogP contribution < -0.4 is 5.32 Å². The van der Waals surface area contributed by atoms with Gasteiger partial charge < -0.3 is 10.4 Å². The Balaban J connectivity index is 2.11. The fraction of sp³-hybridized carbons (Fsp3) is 0.500. The molecule has 1 aliphatic rings. The van der Waals surface area contributed by atoms with Crippen molar-refractivity contribution in [2.45, 2.75) is 33.6 Å². The average Bonchev–Trinajstić information content (AvgIpc) is 2.76. The molecule has 2 rings (SSSR count). The van der Waals surface area contributed by atoms with Gasteiger partial charge in [-0.05, 0) is 55.9 Å². The quantitative estimate of drug-likeness (QED) is 0.891. The standard InChI is InChI=1S/C16H21NO3/c1-9-6-13(14(7-9)16(19)20)15(18)17-12-5-4-10(2)11(3)8-12/h4-5,8-9,13-14H,6-7H2,1-3H3,(H,17,18)(H,19,20)/t9?,13-,14+/m0/s1. The number of carbonyl (C=O) groups excluding carboxylic acids is 1. The molecule has 3 atom stereocenters. The van der Waals surface area contributed by atoms with Crippen LogP contribution in [0, 0.1) is 31.6 Å². The minimum Gasteiger partial charge on any atom is -0.481 e. The normalized spacial score (nSPS) is 25.4. The first kappa shape index (κ1) is 14.6. The third kappa shape index (κ3) is 3.00. The van der Waals surface area contributed by atoms with Gasteiger partial charge in [0.1, 0.15) is 0 Å². The van der Waals surface area contributed by atoms with Crippen molar-refractivity contribution in [1.29, 1.82) is 0 Å². The van der Waals surface area contributed by atoms with Gasteiger partial charge in [0.2, 0.25) is 5.91 Å². The minimum absolute atomic E-state index is 0.176. The lowest BCUT2D eigenvalue weighted by Crippen LogP contribution is -2.30. The van der Waals surface area contributed by atoms with E-state index in [2.05, 4.69) is 5.32 Å². The SMILES string of the molecule is Cc1ccc(NC(=O)[C@H]2CC(C)C[C@H]2C(=O)O)cc1C. The molecule has 0 saturated heterocycles. The molecule has 1 fully saturated rings. The predicted molar refractivity (Wildman–Crippen MR) is 77.6 cm³/mol. The van der Waals surface area contributed by atoms with E-state index in [1.54, 1.807) is 0 Å². The molecule has 0 aliphatic heterocycles. The van der Waals surface area contributed by atoms with Crippen LogP contribution in [0.1, 0.15) is 30.9 Å². The lowest BCUT2D eigenvalue weighted by atomic mass is 9.95. The molecular formula is C16H21NO3. The second-order valence-corrected chi connectivity index (χ2v) is 5.92. The van der Waals surface area contributed by atoms with Gasteiger partial charge in [-0.1, -0.05) is 13.0 Å². The highest BCUT2D eigenvalue weighted by Gasteiger charge is 2.41. The lowest BCUT2D eigenvalue weighted by molar-refractivity contribution is -0.145. The summed E-state index contributed by atoms with van der Waals surface area (Å²) >= 11 is 0. The van der Waals surface area contributed by atoms with Crippen molar-refractivity contribution in [3.63, 3.8) is 0 Å². The van der Waals surface area contributed by atoms with Crippen molar-refractivity contribution in [3.05, 3.63) is 29.3 Å². The van der Waals surface area contributed by atoms with Crippen molar-refractivity contribution < 1.29 is 14.7 Å². The van der Waals surface area contributed by atoms with Crippen LogP contribution in [0.3, 0.4) is 0 Å². The summed E-state index contributed by atoms with van der Waals surface area (Å²) in [6.45, 7) is 6.00. The molecule has 4 nitrogen and oxygen atoms in total. The molecule has 0 aromatic heterocycles. The van der Waals surface area contributed by atoms with Gasteiger partial charge in [-0.15, -0.1) is 0 Å². The number of carboxylic acids is 1. The molecule has 0 heterocycles. The molecule has 1 aromatic rings. The van der Waals surface area contributed by atoms with Crippen LogP contribution in [0.2, 0.25) is 0 Å². The van der Waals surface area contributed by atoms with Crippen LogP contribution in [0.4, 0.5) is 5.69 Å². The van der Waals surface area contributed by atoms with E-state index in [-0.39, 0.29) is 11.8 Å². The number of rotatable bonds is 3. The van der Waals surface area contributed by atoms with Crippen molar-refractivity contribution in [2.24, 2.45) is 17.8 Å². The molecule has 1 unspecified atom stereocenters. The van der Waals surface area contributed by atoms with Crippen molar-refractivity contribution in [2.75, 3.05) is 5.32 Å². The highest BCUT2D eigenvalue weighted by molar-refractivity contribution is 5.95. The summed E-state index contributed by atoms with van der Waals surface area (Å²) in [6.07, 6.45) is 1.23. The maximum absolute atomic E-state index is 12.3. The summed E-state index contributed by atoms with van der Waals surface area (Å²) in [5.41, 5.74) is 3.01. The van der Waals surface area contributed by atoms with E-state index in [0.29, 0.717) is 12.8 Å². The van der Waals surface area contributed by atoms with Gasteiger partial charge in [-0.25, -0.2) is 0 Å². The number of hydrogen-bond acceptors (Lipinski definition) is 2. The van der Waals surface area contributed by atoms with Gasteiger partial charge in [0.15, 0.2) is 0 Å². The summed E-state index contributed by atoms with van der Waals surface area (Å²) < 4.78 is 0. The Morgan fingerprint density at radius 1 is 1.15 bits per heavy atom. The molecular weight excluding hydrogens is 254 g/mol. The Bertz CT molecular complexity index is 539. The number of hydrogen-bond donors (Lipinski definition) is 2. The van der Waals surface area contributed by atoms with Gasteiger partial charge in [0.25, 0.3) is 0 Å². The van der Waals surface area contributed by atoms with Crippen molar-refractivity contribution >= 4 is 17.6 Å². The molecule has 2 N–H and O–H groups in total. The Kier molecular flexibility index (Phi) is 4.12. The number of nitrogens with one attached hydrogen (secondary N) is 1. The summed E-state index contributed by atoms with van der Waals surface area (Å²) in [6, 6.07) is 5.73. The Morgan fingerprint density at radius 2 is 1.80 bits per heavy atom. The van der Waals surface area contributed by atoms with Crippen molar-refractivity contribution in [3.8, 4) is 0 Å². The Morgan fingerprint density at radius 3 is 2.40 bits per heavy atom. The van der Waals surface area contributed by atoms with Crippen LogP contribution in [-0.4, -0.2) is 17.0 Å². The fourth-order valence-electron chi connectivity index (χ4n) is 2.91. The molecule has 0 spiro atoms. The van der Waals surface area contributed by atoms with Crippen molar-refractivity contribution in [1.82, 2.24) is 0 Å². The van der Waals surface area contributed by atoms with Gasteiger partial charge in [-0.2, -0.15) is 0 Å². The third-order valence-corrected chi connectivity index (χ3v) is 4.23. The second kappa shape index (κ2) is 5.65. The van der Waals surface area contributed by atoms with Crippen LogP contribution in [0.25, 0.3) is 0 Å². The molecule has 1 amide bonds. The summed E-state index contributed by atoms with van der Waals surface area (Å²) in [4.78, 5) is 23.5. The van der Waals surface area contributed by atoms with E-state index in [9.17, 15) is 14.7 Å². The van der Waals surface area contributed by atoms with E-state index in [1.165, 1.54) is 5.56 Å². The Hall–Kier alpha value is -1.84. The van der Waals surface area contributed by atoms with Gasteiger partial charge in [0, 0.05) is 5.69 Å². The van der Waals surface area contributed by atoms with E-state index in [1.807, 2.05) is 39.0 Å². The topological polar surface area (TPSA) is 66.4 Å². The molecule has 1 aromatic carbocycles. The largest absolute Gasteiger partial charge is 0.481 e. The zero-order valence-electron chi connectivity index (χ0n) is 12.1. The molecule has 1 saturated carbocycles. The zero-order chi connectivity index (χ0) is 14.9. The molecule has 108 valence electrons. The van der Waals surface area contributed by atoms with Crippen LogP contribution in [-0.2, 0) is 9.59 Å². The number of amides is 1. The lowest BCUT2D eigenvalue weighted by Gasteiger charge is -2.16. The summed E-state index contributed by atoms with van der Waals surface area (Å²) in [5.74, 6) is -1.74. The van der Waals surface area contributed by atoms with Gasteiger partial charge >= 0.3 is 5.97 Å². The van der Waals surface area contributed by atoms with Gasteiger partial charge in [-0.3, -0.25) is 9.59 Å². The number of anilines is 1. The molecule has 20 heavy (non-hydrogen) atoms. The fourth-order valence-corrected chi connectivity index (χ4v) is 2.91. The second-order valence-electron chi connectivity index (χ2n) is 5.92. The van der Waals surface area contributed by atoms with Crippen LogP contribution in [0.15, 0.2) is 18.2 Å². The summed E-state index contributed by atoms with van der Waals surface area (Å²) in [7, 11) is 0. The Labute approximate surface area is 119 Å². The summed E-state index contributed by atoms with van der Waals surface area (Å²) in [5, 5.41) is 12.1. The minimum atomic E-state index is -0.866. The number of aliphatic carboxylic acids is 1.